The Kier molecular flexibility index (Phi) is 6.36. The summed E-state index contributed by atoms with van der Waals surface area (Å²) in [5.74, 6) is 0. The number of rotatable bonds is 4. The fourth-order valence-electron chi connectivity index (χ4n) is 0.470. The summed E-state index contributed by atoms with van der Waals surface area (Å²) in [6.45, 7) is 0. The molecule has 0 radical (unpaired) electrons. The van der Waals surface area contributed by atoms with Gasteiger partial charge in [-0.05, 0) is 0 Å². The molecule has 0 aliphatic carbocycles. The Hall–Kier alpha value is 3.32. The normalized spacial score (nSPS) is 23.1. The first kappa shape index (κ1) is 13.7. The third kappa shape index (κ3) is 4.21. The van der Waals surface area contributed by atoms with E-state index in [4.69, 9.17) is 6.90 Å². The molecule has 14 heavy (non-hydrogen) atoms. The summed E-state index contributed by atoms with van der Waals surface area (Å²) in [4.78, 5) is 0. The molecule has 14 heteroatoms. The van der Waals surface area contributed by atoms with Crippen molar-refractivity contribution in [2.24, 2.45) is 0 Å². The van der Waals surface area contributed by atoms with Crippen LogP contribution in [0.5, 0.6) is 0 Å². The zero-order valence-electron chi connectivity index (χ0n) is 6.07. The second-order valence-corrected chi connectivity index (χ2v) is 41.2. The Morgan fingerprint density at radius 2 is 1.29 bits per heavy atom. The van der Waals surface area contributed by atoms with E-state index >= 15 is 0 Å². The Bertz CT molecular complexity index is 256. The van der Waals surface area contributed by atoms with Crippen LogP contribution in [-0.2, 0) is 16.1 Å². The van der Waals surface area contributed by atoms with Crippen LogP contribution in [0.25, 0.3) is 0 Å². The van der Waals surface area contributed by atoms with Crippen LogP contribution in [0.1, 0.15) is 0 Å². The van der Waals surface area contributed by atoms with Crippen LogP contribution < -0.4 is 0 Å². The van der Waals surface area contributed by atoms with Gasteiger partial charge >= 0.3 is 124 Å². The molecule has 2 heterocycles. The molecule has 76 valence electrons. The topological polar surface area (TPSA) is 107 Å². The van der Waals surface area contributed by atoms with Crippen molar-refractivity contribution in [3.8, 4) is 0 Å². The van der Waals surface area contributed by atoms with E-state index in [1.54, 1.807) is 0 Å². The maximum atomic E-state index is 11.1. The first-order valence-corrected chi connectivity index (χ1v) is 21.9. The third-order valence-electron chi connectivity index (χ3n) is 0.894. The average molecular weight is 918 g/mol. The molecule has 9 nitrogen and oxygen atoms in total. The summed E-state index contributed by atoms with van der Waals surface area (Å²) in [5.41, 5.74) is 0. The molecule has 2 fully saturated rings. The van der Waals surface area contributed by atoms with Crippen molar-refractivity contribution in [2.75, 3.05) is 0 Å². The average Bonchev–Trinajstić information content (AvgIpc) is 1.98. The van der Waals surface area contributed by atoms with Gasteiger partial charge in [0.1, 0.15) is 0 Å². The SMILES string of the molecule is [O]=[Sn]1[O][Bi]([O][Sn](=[O])[O][Bi]2[O][Sn](=[O])[O]2)[O]1. The van der Waals surface area contributed by atoms with Gasteiger partial charge in [0.25, 0.3) is 0 Å². The fourth-order valence-corrected chi connectivity index (χ4v) is 60.3. The third-order valence-corrected chi connectivity index (χ3v) is 52.6. The summed E-state index contributed by atoms with van der Waals surface area (Å²) in [6, 6.07) is 0. The van der Waals surface area contributed by atoms with E-state index in [1.165, 1.54) is 0 Å². The maximum absolute atomic E-state index is 11.1. The molecule has 2 saturated heterocycles. The van der Waals surface area contributed by atoms with Crippen LogP contribution in [0, 0.1) is 0 Å². The molecule has 2 aliphatic heterocycles. The van der Waals surface area contributed by atoms with E-state index in [1.807, 2.05) is 0 Å². The van der Waals surface area contributed by atoms with Crippen molar-refractivity contribution in [1.82, 2.24) is 0 Å². The van der Waals surface area contributed by atoms with Crippen LogP contribution in [0.3, 0.4) is 0 Å². The second kappa shape index (κ2) is 6.48. The second-order valence-electron chi connectivity index (χ2n) is 1.74. The van der Waals surface area contributed by atoms with Crippen LogP contribution in [-0.4, -0.2) is 108 Å². The van der Waals surface area contributed by atoms with Gasteiger partial charge in [0.15, 0.2) is 0 Å². The summed E-state index contributed by atoms with van der Waals surface area (Å²) < 4.78 is 60.6. The van der Waals surface area contributed by atoms with Gasteiger partial charge < -0.3 is 0 Å². The van der Waals surface area contributed by atoms with E-state index in [-0.39, 0.29) is 0 Å². The van der Waals surface area contributed by atoms with Crippen molar-refractivity contribution >= 4 is 108 Å². The molecule has 0 aromatic heterocycles. The molecule has 2 rings (SSSR count). The van der Waals surface area contributed by atoms with E-state index in [0.717, 1.165) is 0 Å². The first-order valence-electron chi connectivity index (χ1n) is 2.93. The summed E-state index contributed by atoms with van der Waals surface area (Å²) in [6.07, 6.45) is 0. The van der Waals surface area contributed by atoms with Crippen molar-refractivity contribution in [1.29, 1.82) is 0 Å². The molecule has 0 amide bonds. The van der Waals surface area contributed by atoms with Gasteiger partial charge in [-0.25, -0.2) is 0 Å². The molecular weight excluding hydrogens is 918 g/mol. The zero-order chi connectivity index (χ0) is 10.1. The first-order chi connectivity index (χ1) is 6.63. The van der Waals surface area contributed by atoms with Gasteiger partial charge in [-0.3, -0.25) is 0 Å². The summed E-state index contributed by atoms with van der Waals surface area (Å²) in [7, 11) is 0. The molecule has 0 aromatic carbocycles. The summed E-state index contributed by atoms with van der Waals surface area (Å²) >= 11 is -15.9. The standard InChI is InChI=1S/2Bi.9O.3Sn. The van der Waals surface area contributed by atoms with E-state index in [9.17, 15) is 9.23 Å². The van der Waals surface area contributed by atoms with Crippen LogP contribution >= 0.6 is 0 Å². The Morgan fingerprint density at radius 3 is 1.57 bits per heavy atom. The molecule has 0 unspecified atom stereocenters. The van der Waals surface area contributed by atoms with Gasteiger partial charge in [-0.1, -0.05) is 0 Å². The minimum atomic E-state index is -3.63. The zero-order valence-corrected chi connectivity index (χ0v) is 21.6. The number of hydrogen-bond acceptors (Lipinski definition) is 9. The molecule has 0 saturated carbocycles. The van der Waals surface area contributed by atoms with Crippen LogP contribution in [0.4, 0.5) is 0 Å². The van der Waals surface area contributed by atoms with Gasteiger partial charge in [0, 0.05) is 0 Å². The van der Waals surface area contributed by atoms with E-state index in [2.05, 4.69) is 0 Å². The Morgan fingerprint density at radius 1 is 0.929 bits per heavy atom. The fraction of sp³-hybridized carbons (Fsp3) is 0. The molecule has 0 N–H and O–H groups in total. The molecule has 0 bridgehead atoms. The minimum absolute atomic E-state index is 2.99. The molecule has 2 aliphatic rings. The van der Waals surface area contributed by atoms with Crippen molar-refractivity contribution in [3.05, 3.63) is 0 Å². The van der Waals surface area contributed by atoms with E-state index in [0.29, 0.717) is 0 Å². The van der Waals surface area contributed by atoms with Crippen LogP contribution in [0.15, 0.2) is 0 Å². The number of hydrogen-bond donors (Lipinski definition) is 0. The van der Waals surface area contributed by atoms with Crippen molar-refractivity contribution in [3.63, 3.8) is 0 Å². The van der Waals surface area contributed by atoms with Crippen molar-refractivity contribution in [2.45, 2.75) is 0 Å². The van der Waals surface area contributed by atoms with Crippen LogP contribution in [0.2, 0.25) is 0 Å². The quantitative estimate of drug-likeness (QED) is 0.280. The van der Waals surface area contributed by atoms with Gasteiger partial charge in [-0.2, -0.15) is 0 Å². The molecular formula is Bi2O9Sn3. The van der Waals surface area contributed by atoms with Gasteiger partial charge in [-0.15, -0.1) is 0 Å². The van der Waals surface area contributed by atoms with Gasteiger partial charge in [0.2, 0.25) is 0 Å². The Labute approximate surface area is 121 Å². The molecule has 0 spiro atoms. The molecule has 0 atom stereocenters. The van der Waals surface area contributed by atoms with E-state index < -0.39 is 108 Å². The van der Waals surface area contributed by atoms with Gasteiger partial charge in [0.05, 0.1) is 0 Å². The molecule has 0 aromatic rings. The van der Waals surface area contributed by atoms with Crippen molar-refractivity contribution < 1.29 is 16.1 Å². The monoisotopic (exact) mass is 922 g/mol. The Balaban J connectivity index is 1.64. The predicted octanol–water partition coefficient (Wildman–Crippen LogP) is -2.67. The predicted molar refractivity (Wildman–Crippen MR) is 37.3 cm³/mol. The summed E-state index contributed by atoms with van der Waals surface area (Å²) in [5, 5.41) is 0.